The molecule has 100 valence electrons. The highest BCUT2D eigenvalue weighted by Gasteiger charge is 2.31. The van der Waals surface area contributed by atoms with Crippen LogP contribution in [0.4, 0.5) is 4.39 Å². The molecule has 0 atom stereocenters. The fourth-order valence-corrected chi connectivity index (χ4v) is 3.69. The SMILES string of the molecule is CCC1CCN(S(=O)(=O)c2ncccc2F)CC1. The molecule has 0 unspecified atom stereocenters. The molecule has 0 radical (unpaired) electrons. The fraction of sp³-hybridized carbons (Fsp3) is 0.583. The van der Waals surface area contributed by atoms with Crippen LogP contribution < -0.4 is 0 Å². The van der Waals surface area contributed by atoms with Crippen LogP contribution in [0.2, 0.25) is 0 Å². The molecule has 2 rings (SSSR count). The molecule has 0 bridgehead atoms. The molecule has 1 aromatic heterocycles. The van der Waals surface area contributed by atoms with Gasteiger partial charge in [0.1, 0.15) is 0 Å². The van der Waals surface area contributed by atoms with E-state index in [0.717, 1.165) is 25.3 Å². The summed E-state index contributed by atoms with van der Waals surface area (Å²) in [4.78, 5) is 3.66. The van der Waals surface area contributed by atoms with Gasteiger partial charge in [0, 0.05) is 19.3 Å². The van der Waals surface area contributed by atoms with Crippen molar-refractivity contribution in [2.45, 2.75) is 31.2 Å². The number of nitrogens with zero attached hydrogens (tertiary/aromatic N) is 2. The largest absolute Gasteiger partial charge is 0.263 e. The van der Waals surface area contributed by atoms with Gasteiger partial charge in [0.05, 0.1) is 0 Å². The predicted octanol–water partition coefficient (Wildman–Crippen LogP) is 2.03. The van der Waals surface area contributed by atoms with Crippen LogP contribution in [0, 0.1) is 11.7 Å². The van der Waals surface area contributed by atoms with E-state index in [1.165, 1.54) is 16.6 Å². The molecule has 18 heavy (non-hydrogen) atoms. The molecular formula is C12H17FN2O2S. The van der Waals surface area contributed by atoms with Crippen LogP contribution >= 0.6 is 0 Å². The maximum Gasteiger partial charge on any atom is 0.263 e. The molecule has 1 aliphatic heterocycles. The Morgan fingerprint density at radius 3 is 2.67 bits per heavy atom. The molecule has 0 saturated carbocycles. The molecule has 0 amide bonds. The van der Waals surface area contributed by atoms with Crippen LogP contribution in [0.3, 0.4) is 0 Å². The van der Waals surface area contributed by atoms with Crippen molar-refractivity contribution >= 4 is 10.0 Å². The molecule has 1 aliphatic rings. The van der Waals surface area contributed by atoms with Gasteiger partial charge in [-0.05, 0) is 30.9 Å². The van der Waals surface area contributed by atoms with Crippen LogP contribution in [0.15, 0.2) is 23.4 Å². The number of hydrogen-bond donors (Lipinski definition) is 0. The Hall–Kier alpha value is -1.01. The van der Waals surface area contributed by atoms with Gasteiger partial charge < -0.3 is 0 Å². The number of hydrogen-bond acceptors (Lipinski definition) is 3. The summed E-state index contributed by atoms with van der Waals surface area (Å²) in [6.07, 6.45) is 4.04. The molecule has 6 heteroatoms. The highest BCUT2D eigenvalue weighted by Crippen LogP contribution is 2.25. The number of pyridine rings is 1. The Kier molecular flexibility index (Phi) is 3.97. The van der Waals surface area contributed by atoms with E-state index < -0.39 is 20.9 Å². The van der Waals surface area contributed by atoms with Gasteiger partial charge in [0.25, 0.3) is 10.0 Å². The van der Waals surface area contributed by atoms with Crippen LogP contribution in [-0.2, 0) is 10.0 Å². The number of rotatable bonds is 3. The van der Waals surface area contributed by atoms with Crippen molar-refractivity contribution in [3.05, 3.63) is 24.1 Å². The van der Waals surface area contributed by atoms with Crippen molar-refractivity contribution in [2.24, 2.45) is 5.92 Å². The second kappa shape index (κ2) is 5.32. The highest BCUT2D eigenvalue weighted by atomic mass is 32.2. The van der Waals surface area contributed by atoms with Crippen molar-refractivity contribution in [1.29, 1.82) is 0 Å². The predicted molar refractivity (Wildman–Crippen MR) is 66.0 cm³/mol. The van der Waals surface area contributed by atoms with E-state index in [-0.39, 0.29) is 0 Å². The maximum absolute atomic E-state index is 13.5. The second-order valence-electron chi connectivity index (χ2n) is 4.55. The average molecular weight is 272 g/mol. The van der Waals surface area contributed by atoms with Gasteiger partial charge in [-0.3, -0.25) is 0 Å². The lowest BCUT2D eigenvalue weighted by Crippen LogP contribution is -2.39. The third kappa shape index (κ3) is 2.54. The van der Waals surface area contributed by atoms with E-state index in [9.17, 15) is 12.8 Å². The Morgan fingerprint density at radius 1 is 1.44 bits per heavy atom. The van der Waals surface area contributed by atoms with E-state index in [2.05, 4.69) is 11.9 Å². The summed E-state index contributed by atoms with van der Waals surface area (Å²) in [7, 11) is -3.78. The second-order valence-corrected chi connectivity index (χ2v) is 6.40. The van der Waals surface area contributed by atoms with Gasteiger partial charge in [0.15, 0.2) is 5.82 Å². The number of halogens is 1. The van der Waals surface area contributed by atoms with Crippen molar-refractivity contribution < 1.29 is 12.8 Å². The Bertz CT molecular complexity index is 511. The zero-order chi connectivity index (χ0) is 13.2. The first kappa shape index (κ1) is 13.4. The van der Waals surface area contributed by atoms with Gasteiger partial charge in [0.2, 0.25) is 5.03 Å². The quantitative estimate of drug-likeness (QED) is 0.846. The van der Waals surface area contributed by atoms with Gasteiger partial charge in [-0.25, -0.2) is 17.8 Å². The topological polar surface area (TPSA) is 50.3 Å². The maximum atomic E-state index is 13.5. The summed E-state index contributed by atoms with van der Waals surface area (Å²) in [5.41, 5.74) is 0. The normalized spacial score (nSPS) is 19.0. The average Bonchev–Trinajstić information content (AvgIpc) is 2.39. The van der Waals surface area contributed by atoms with Crippen LogP contribution in [0.5, 0.6) is 0 Å². The number of sulfonamides is 1. The zero-order valence-corrected chi connectivity index (χ0v) is 11.2. The third-order valence-corrected chi connectivity index (χ3v) is 5.29. The third-order valence-electron chi connectivity index (χ3n) is 3.46. The van der Waals surface area contributed by atoms with Crippen molar-refractivity contribution in [2.75, 3.05) is 13.1 Å². The van der Waals surface area contributed by atoms with E-state index in [1.54, 1.807) is 0 Å². The van der Waals surface area contributed by atoms with Gasteiger partial charge in [-0.2, -0.15) is 4.31 Å². The Labute approximate surface area is 107 Å². The van der Waals surface area contributed by atoms with Crippen molar-refractivity contribution in [1.82, 2.24) is 9.29 Å². The lowest BCUT2D eigenvalue weighted by molar-refractivity contribution is 0.267. The van der Waals surface area contributed by atoms with Gasteiger partial charge >= 0.3 is 0 Å². The van der Waals surface area contributed by atoms with Crippen LogP contribution in [0.1, 0.15) is 26.2 Å². The molecule has 0 spiro atoms. The summed E-state index contributed by atoms with van der Waals surface area (Å²) in [5.74, 6) is -0.208. The molecule has 0 aliphatic carbocycles. The van der Waals surface area contributed by atoms with Crippen molar-refractivity contribution in [3.8, 4) is 0 Å². The molecule has 0 N–H and O–H groups in total. The minimum Gasteiger partial charge on any atom is -0.241 e. The number of piperidine rings is 1. The first-order valence-corrected chi connectivity index (χ1v) is 7.60. The standard InChI is InChI=1S/C12H17FN2O2S/c1-2-10-5-8-15(9-6-10)18(16,17)12-11(13)4-3-7-14-12/h3-4,7,10H,2,5-6,8-9H2,1H3. The van der Waals surface area contributed by atoms with Crippen molar-refractivity contribution in [3.63, 3.8) is 0 Å². The molecule has 4 nitrogen and oxygen atoms in total. The minimum absolute atomic E-state index is 0.455. The summed E-state index contributed by atoms with van der Waals surface area (Å²) in [6.45, 7) is 3.01. The molecule has 1 aromatic rings. The van der Waals surface area contributed by atoms with Crippen LogP contribution in [-0.4, -0.2) is 30.8 Å². The summed E-state index contributed by atoms with van der Waals surface area (Å²) >= 11 is 0. The summed E-state index contributed by atoms with van der Waals surface area (Å²) in [5, 5.41) is -0.458. The van der Waals surface area contributed by atoms with E-state index >= 15 is 0 Å². The molecule has 1 fully saturated rings. The summed E-state index contributed by atoms with van der Waals surface area (Å²) < 4.78 is 39.3. The molecule has 0 aromatic carbocycles. The molecular weight excluding hydrogens is 255 g/mol. The first-order valence-electron chi connectivity index (χ1n) is 6.16. The summed E-state index contributed by atoms with van der Waals surface area (Å²) in [6, 6.07) is 2.51. The fourth-order valence-electron chi connectivity index (χ4n) is 2.24. The lowest BCUT2D eigenvalue weighted by atomic mass is 9.96. The van der Waals surface area contributed by atoms with E-state index in [1.807, 2.05) is 0 Å². The molecule has 1 saturated heterocycles. The first-order chi connectivity index (χ1) is 8.55. The lowest BCUT2D eigenvalue weighted by Gasteiger charge is -2.30. The Morgan fingerprint density at radius 2 is 2.11 bits per heavy atom. The highest BCUT2D eigenvalue weighted by molar-refractivity contribution is 7.89. The molecule has 2 heterocycles. The van der Waals surface area contributed by atoms with Gasteiger partial charge in [-0.15, -0.1) is 0 Å². The van der Waals surface area contributed by atoms with E-state index in [4.69, 9.17) is 0 Å². The van der Waals surface area contributed by atoms with Crippen LogP contribution in [0.25, 0.3) is 0 Å². The monoisotopic (exact) mass is 272 g/mol. The van der Waals surface area contributed by atoms with Gasteiger partial charge in [-0.1, -0.05) is 13.3 Å². The number of aromatic nitrogens is 1. The Balaban J connectivity index is 2.20. The van der Waals surface area contributed by atoms with E-state index in [0.29, 0.717) is 19.0 Å². The zero-order valence-electron chi connectivity index (χ0n) is 10.3. The smallest absolute Gasteiger partial charge is 0.241 e. The minimum atomic E-state index is -3.78.